The second-order valence-corrected chi connectivity index (χ2v) is 8.02. The van der Waals surface area contributed by atoms with Crippen molar-refractivity contribution in [1.82, 2.24) is 4.57 Å². The van der Waals surface area contributed by atoms with E-state index >= 15 is 0 Å². The first kappa shape index (κ1) is 18.1. The highest BCUT2D eigenvalue weighted by Gasteiger charge is 2.29. The van der Waals surface area contributed by atoms with Gasteiger partial charge in [0.05, 0.1) is 5.52 Å². The predicted molar refractivity (Wildman–Crippen MR) is 109 cm³/mol. The Balaban J connectivity index is 2.07. The Morgan fingerprint density at radius 3 is 2.63 bits per heavy atom. The molecule has 4 rings (SSSR count). The molecule has 0 spiro atoms. The molecule has 0 aliphatic heterocycles. The minimum Gasteiger partial charge on any atom is -0.507 e. The smallest absolute Gasteiger partial charge is 0.126 e. The van der Waals surface area contributed by atoms with Crippen LogP contribution in [0.4, 0.5) is 4.39 Å². The van der Waals surface area contributed by atoms with Gasteiger partial charge in [-0.05, 0) is 79.5 Å². The van der Waals surface area contributed by atoms with Gasteiger partial charge in [-0.25, -0.2) is 4.39 Å². The van der Waals surface area contributed by atoms with Gasteiger partial charge in [0, 0.05) is 16.8 Å². The number of hydrogen-bond acceptors (Lipinski definition) is 1. The van der Waals surface area contributed by atoms with E-state index in [2.05, 4.69) is 30.9 Å². The molecule has 2 nitrogen and oxygen atoms in total. The van der Waals surface area contributed by atoms with Crippen LogP contribution in [-0.2, 0) is 0 Å². The highest BCUT2D eigenvalue weighted by Crippen LogP contribution is 2.45. The normalized spacial score (nSPS) is 15.7. The number of phenols is 1. The zero-order valence-electron chi connectivity index (χ0n) is 16.3. The highest BCUT2D eigenvalue weighted by molar-refractivity contribution is 5.93. The molecule has 1 unspecified atom stereocenters. The summed E-state index contributed by atoms with van der Waals surface area (Å²) in [6.07, 6.45) is 7.12. The van der Waals surface area contributed by atoms with E-state index in [9.17, 15) is 9.50 Å². The lowest BCUT2D eigenvalue weighted by Crippen LogP contribution is -2.10. The van der Waals surface area contributed by atoms with Crippen molar-refractivity contribution in [3.05, 3.63) is 65.5 Å². The van der Waals surface area contributed by atoms with Crippen LogP contribution in [0.3, 0.4) is 0 Å². The Labute approximate surface area is 160 Å². The topological polar surface area (TPSA) is 25.2 Å². The average Bonchev–Trinajstić information content (AvgIpc) is 3.01. The Morgan fingerprint density at radius 2 is 1.96 bits per heavy atom. The molecule has 27 heavy (non-hydrogen) atoms. The summed E-state index contributed by atoms with van der Waals surface area (Å²) in [5.41, 5.74) is 5.06. The van der Waals surface area contributed by atoms with Gasteiger partial charge in [0.25, 0.3) is 0 Å². The van der Waals surface area contributed by atoms with Crippen LogP contribution >= 0.6 is 0 Å². The van der Waals surface area contributed by atoms with Crippen LogP contribution in [0, 0.1) is 19.2 Å². The van der Waals surface area contributed by atoms with Crippen LogP contribution in [0.1, 0.15) is 68.2 Å². The molecule has 141 valence electrons. The number of benzene rings is 2. The van der Waals surface area contributed by atoms with Crippen molar-refractivity contribution < 1.29 is 9.50 Å². The summed E-state index contributed by atoms with van der Waals surface area (Å²) in [5.74, 6) is 0.785. The number of aryl methyl sites for hydroxylation is 1. The second-order valence-electron chi connectivity index (χ2n) is 8.02. The van der Waals surface area contributed by atoms with E-state index in [1.807, 2.05) is 18.2 Å². The minimum atomic E-state index is -0.190. The van der Waals surface area contributed by atoms with Gasteiger partial charge >= 0.3 is 0 Å². The van der Waals surface area contributed by atoms with Gasteiger partial charge in [-0.15, -0.1) is 0 Å². The van der Waals surface area contributed by atoms with Crippen LogP contribution in [0.5, 0.6) is 5.75 Å². The Kier molecular flexibility index (Phi) is 4.71. The first-order valence-electron chi connectivity index (χ1n) is 9.95. The molecule has 1 radical (unpaired) electrons. The van der Waals surface area contributed by atoms with E-state index in [-0.39, 0.29) is 11.7 Å². The molecule has 1 aliphatic rings. The first-order valence-corrected chi connectivity index (χ1v) is 9.95. The Bertz CT molecular complexity index is 980. The number of phenolic OH excluding ortho intramolecular Hbond substituents is 1. The molecular formula is C24H27FNO. The highest BCUT2D eigenvalue weighted by atomic mass is 19.1. The number of fused-ring (bicyclic) bond motifs is 1. The van der Waals surface area contributed by atoms with Crippen molar-refractivity contribution in [3.63, 3.8) is 0 Å². The predicted octanol–water partition coefficient (Wildman–Crippen LogP) is 6.77. The zero-order valence-corrected chi connectivity index (χ0v) is 16.3. The van der Waals surface area contributed by atoms with Crippen molar-refractivity contribution in [2.75, 3.05) is 0 Å². The molecular weight excluding hydrogens is 337 g/mol. The third-order valence-corrected chi connectivity index (χ3v) is 5.79. The zero-order chi connectivity index (χ0) is 19.1. The van der Waals surface area contributed by atoms with E-state index in [1.165, 1.54) is 30.2 Å². The summed E-state index contributed by atoms with van der Waals surface area (Å²) in [5, 5.41) is 11.7. The van der Waals surface area contributed by atoms with E-state index in [0.29, 0.717) is 17.2 Å². The van der Waals surface area contributed by atoms with Crippen LogP contribution in [0.2, 0.25) is 0 Å². The summed E-state index contributed by atoms with van der Waals surface area (Å²) >= 11 is 0. The summed E-state index contributed by atoms with van der Waals surface area (Å²) in [7, 11) is 0. The lowest BCUT2D eigenvalue weighted by atomic mass is 9.81. The fraction of sp³-hybridized carbons (Fsp3) is 0.375. The van der Waals surface area contributed by atoms with Gasteiger partial charge in [-0.2, -0.15) is 0 Å². The minimum absolute atomic E-state index is 0.190. The molecule has 1 aromatic heterocycles. The quantitative estimate of drug-likeness (QED) is 0.545. The van der Waals surface area contributed by atoms with Gasteiger partial charge in [0.15, 0.2) is 0 Å². The van der Waals surface area contributed by atoms with Crippen LogP contribution in [0.15, 0.2) is 36.4 Å². The molecule has 3 heteroatoms. The number of hydrogen-bond donors (Lipinski definition) is 1. The second kappa shape index (κ2) is 7.03. The number of aromatic nitrogens is 1. The van der Waals surface area contributed by atoms with Gasteiger partial charge in [0.2, 0.25) is 0 Å². The molecule has 2 aromatic carbocycles. The van der Waals surface area contributed by atoms with Crippen LogP contribution < -0.4 is 0 Å². The van der Waals surface area contributed by atoms with Gasteiger partial charge in [-0.3, -0.25) is 0 Å². The number of rotatable bonds is 3. The molecule has 1 fully saturated rings. The summed E-state index contributed by atoms with van der Waals surface area (Å²) in [6, 6.07) is 11.0. The number of nitrogens with zero attached hydrogens (tertiary/aromatic N) is 1. The molecule has 1 heterocycles. The maximum Gasteiger partial charge on any atom is 0.126 e. The van der Waals surface area contributed by atoms with E-state index < -0.39 is 0 Å². The number of aromatic hydroxyl groups is 1. The van der Waals surface area contributed by atoms with Crippen LogP contribution in [0.25, 0.3) is 16.6 Å². The fourth-order valence-electron chi connectivity index (χ4n) is 4.57. The molecule has 1 atom stereocenters. The van der Waals surface area contributed by atoms with Crippen LogP contribution in [-0.4, -0.2) is 9.67 Å². The molecule has 1 saturated carbocycles. The van der Waals surface area contributed by atoms with E-state index in [4.69, 9.17) is 0 Å². The van der Waals surface area contributed by atoms with Crippen molar-refractivity contribution in [1.29, 1.82) is 0 Å². The SMILES string of the molecule is Cc1cc(-n2c(C(C)C)c(C3[CH]CCCC3)c3c(O)cccc32)ccc1F. The summed E-state index contributed by atoms with van der Waals surface area (Å²) in [6.45, 7) is 6.20. The Hall–Kier alpha value is -2.29. The maximum atomic E-state index is 13.9. The molecule has 1 aliphatic carbocycles. The molecule has 0 saturated heterocycles. The average molecular weight is 364 g/mol. The van der Waals surface area contributed by atoms with Gasteiger partial charge in [-0.1, -0.05) is 32.8 Å². The van der Waals surface area contributed by atoms with Gasteiger partial charge < -0.3 is 9.67 Å². The lowest BCUT2D eigenvalue weighted by Gasteiger charge is -2.24. The molecule has 3 aromatic rings. The largest absolute Gasteiger partial charge is 0.507 e. The van der Waals surface area contributed by atoms with E-state index in [0.717, 1.165) is 29.4 Å². The first-order chi connectivity index (χ1) is 13.0. The standard InChI is InChI=1S/C24H27FNO/c1-15(2)24-22(17-8-5-4-6-9-17)23-20(10-7-11-21(23)27)26(24)18-12-13-19(25)16(3)14-18/h7-8,10-15,17,27H,4-6,9H2,1-3H3. The summed E-state index contributed by atoms with van der Waals surface area (Å²) in [4.78, 5) is 0. The summed E-state index contributed by atoms with van der Waals surface area (Å²) < 4.78 is 16.1. The third kappa shape index (κ3) is 3.03. The monoisotopic (exact) mass is 364 g/mol. The fourth-order valence-corrected chi connectivity index (χ4v) is 4.57. The molecule has 0 bridgehead atoms. The molecule has 0 amide bonds. The third-order valence-electron chi connectivity index (χ3n) is 5.79. The van der Waals surface area contributed by atoms with E-state index in [1.54, 1.807) is 13.0 Å². The van der Waals surface area contributed by atoms with Crippen molar-refractivity contribution in [3.8, 4) is 11.4 Å². The van der Waals surface area contributed by atoms with Crippen molar-refractivity contribution >= 4 is 10.9 Å². The lowest BCUT2D eigenvalue weighted by molar-refractivity contribution is 0.479. The molecule has 1 N–H and O–H groups in total. The Morgan fingerprint density at radius 1 is 1.15 bits per heavy atom. The maximum absolute atomic E-state index is 13.9. The number of halogens is 1. The van der Waals surface area contributed by atoms with Crippen molar-refractivity contribution in [2.45, 2.75) is 58.3 Å². The van der Waals surface area contributed by atoms with Crippen molar-refractivity contribution in [2.24, 2.45) is 0 Å². The van der Waals surface area contributed by atoms with Gasteiger partial charge in [0.1, 0.15) is 11.6 Å².